The number of H-pyrrole nitrogens is 1. The van der Waals surface area contributed by atoms with E-state index in [1.165, 1.54) is 0 Å². The molecule has 0 aliphatic rings. The first-order chi connectivity index (χ1) is 10.1. The summed E-state index contributed by atoms with van der Waals surface area (Å²) >= 11 is 0. The van der Waals surface area contributed by atoms with Crippen LogP contribution in [0.2, 0.25) is 0 Å². The van der Waals surface area contributed by atoms with Gasteiger partial charge in [-0.05, 0) is 47.7 Å². The van der Waals surface area contributed by atoms with Gasteiger partial charge >= 0.3 is 0 Å². The molecule has 0 aliphatic heterocycles. The Kier molecular flexibility index (Phi) is 3.26. The molecule has 0 fully saturated rings. The molecule has 3 heteroatoms. The highest BCUT2D eigenvalue weighted by molar-refractivity contribution is 5.87. The Morgan fingerprint density at radius 2 is 1.67 bits per heavy atom. The van der Waals surface area contributed by atoms with E-state index < -0.39 is 0 Å². The number of pyridine rings is 1. The number of anilines is 1. The molecule has 0 unspecified atom stereocenters. The second-order valence-electron chi connectivity index (χ2n) is 5.49. The Hall–Kier alpha value is -2.55. The number of nitrogens with one attached hydrogen (secondary N) is 1. The summed E-state index contributed by atoms with van der Waals surface area (Å²) in [6.07, 6.45) is 0. The van der Waals surface area contributed by atoms with Gasteiger partial charge in [0, 0.05) is 30.9 Å². The molecular weight excluding hydrogens is 260 g/mol. The predicted octanol–water partition coefficient (Wildman–Crippen LogP) is 3.57. The van der Waals surface area contributed by atoms with Gasteiger partial charge in [-0.2, -0.15) is 0 Å². The molecule has 0 radical (unpaired) electrons. The van der Waals surface area contributed by atoms with Crippen LogP contribution in [-0.2, 0) is 0 Å². The summed E-state index contributed by atoms with van der Waals surface area (Å²) < 4.78 is 0. The molecule has 2 aromatic carbocycles. The number of fused-ring (bicyclic) bond motifs is 1. The third kappa shape index (κ3) is 2.42. The number of aryl methyl sites for hydroxylation is 1. The molecule has 1 aromatic heterocycles. The molecule has 21 heavy (non-hydrogen) atoms. The molecule has 0 spiro atoms. The zero-order valence-electron chi connectivity index (χ0n) is 12.5. The van der Waals surface area contributed by atoms with Crippen molar-refractivity contribution in [1.29, 1.82) is 0 Å². The first-order valence-corrected chi connectivity index (χ1v) is 6.96. The number of rotatable bonds is 2. The van der Waals surface area contributed by atoms with Crippen LogP contribution in [0, 0.1) is 6.92 Å². The molecular formula is C18H18N2O. The van der Waals surface area contributed by atoms with E-state index in [1.54, 1.807) is 0 Å². The van der Waals surface area contributed by atoms with Crippen LogP contribution in [0.15, 0.2) is 53.3 Å². The number of hydrogen-bond donors (Lipinski definition) is 1. The molecule has 0 saturated carbocycles. The molecule has 106 valence electrons. The largest absolute Gasteiger partial charge is 0.378 e. The van der Waals surface area contributed by atoms with Crippen molar-refractivity contribution in [2.45, 2.75) is 6.92 Å². The quantitative estimate of drug-likeness (QED) is 0.778. The summed E-state index contributed by atoms with van der Waals surface area (Å²) in [4.78, 5) is 17.3. The minimum atomic E-state index is -0.0390. The molecule has 0 bridgehead atoms. The second-order valence-corrected chi connectivity index (χ2v) is 5.49. The van der Waals surface area contributed by atoms with Crippen LogP contribution in [-0.4, -0.2) is 19.1 Å². The molecule has 3 rings (SSSR count). The van der Waals surface area contributed by atoms with E-state index in [0.29, 0.717) is 0 Å². The molecule has 0 atom stereocenters. The topological polar surface area (TPSA) is 36.1 Å². The van der Waals surface area contributed by atoms with Crippen molar-refractivity contribution in [3.63, 3.8) is 0 Å². The van der Waals surface area contributed by atoms with E-state index in [-0.39, 0.29) is 5.56 Å². The molecule has 0 aliphatic carbocycles. The molecule has 1 N–H and O–H groups in total. The number of aromatic amines is 1. The lowest BCUT2D eigenvalue weighted by Gasteiger charge is -2.13. The average Bonchev–Trinajstić information content (AvgIpc) is 2.48. The molecule has 0 saturated heterocycles. The summed E-state index contributed by atoms with van der Waals surface area (Å²) in [5.41, 5.74) is 4.08. The lowest BCUT2D eigenvalue weighted by Crippen LogP contribution is -2.09. The summed E-state index contributed by atoms with van der Waals surface area (Å²) in [7, 11) is 4.02. The van der Waals surface area contributed by atoms with Crippen molar-refractivity contribution in [3.8, 4) is 11.3 Å². The van der Waals surface area contributed by atoms with E-state index in [2.05, 4.69) is 28.1 Å². The molecule has 0 amide bonds. The van der Waals surface area contributed by atoms with Gasteiger partial charge < -0.3 is 9.88 Å². The van der Waals surface area contributed by atoms with Gasteiger partial charge in [-0.3, -0.25) is 4.79 Å². The first kappa shape index (κ1) is 13.4. The summed E-state index contributed by atoms with van der Waals surface area (Å²) in [5, 5.41) is 1.75. The third-order valence-corrected chi connectivity index (χ3v) is 3.80. The van der Waals surface area contributed by atoms with E-state index in [4.69, 9.17) is 0 Å². The van der Waals surface area contributed by atoms with Gasteiger partial charge in [0.2, 0.25) is 0 Å². The van der Waals surface area contributed by atoms with Crippen molar-refractivity contribution >= 4 is 16.5 Å². The zero-order chi connectivity index (χ0) is 15.0. The summed E-state index contributed by atoms with van der Waals surface area (Å²) in [6, 6.07) is 16.0. The average molecular weight is 278 g/mol. The Morgan fingerprint density at radius 3 is 2.33 bits per heavy atom. The van der Waals surface area contributed by atoms with Gasteiger partial charge in [-0.25, -0.2) is 0 Å². The third-order valence-electron chi connectivity index (χ3n) is 3.80. The van der Waals surface area contributed by atoms with E-state index >= 15 is 0 Å². The maximum Gasteiger partial charge on any atom is 0.256 e. The van der Waals surface area contributed by atoms with Gasteiger partial charge in [0.05, 0.1) is 0 Å². The van der Waals surface area contributed by atoms with Gasteiger partial charge in [-0.1, -0.05) is 24.3 Å². The van der Waals surface area contributed by atoms with E-state index in [1.807, 2.05) is 51.4 Å². The van der Waals surface area contributed by atoms with Gasteiger partial charge in [0.25, 0.3) is 5.56 Å². The fraction of sp³-hybridized carbons (Fsp3) is 0.167. The van der Waals surface area contributed by atoms with Crippen molar-refractivity contribution in [2.24, 2.45) is 0 Å². The SMILES string of the molecule is Cc1cccc2c(=O)[nH]c(-c3ccc(N(C)C)cc3)cc12. The normalized spacial score (nSPS) is 10.8. The minimum Gasteiger partial charge on any atom is -0.378 e. The smallest absolute Gasteiger partial charge is 0.256 e. The number of nitrogens with zero attached hydrogens (tertiary/aromatic N) is 1. The molecule has 3 aromatic rings. The van der Waals surface area contributed by atoms with Crippen LogP contribution in [0.1, 0.15) is 5.56 Å². The second kappa shape index (κ2) is 5.09. The lowest BCUT2D eigenvalue weighted by molar-refractivity contribution is 1.13. The van der Waals surface area contributed by atoms with Crippen LogP contribution in [0.5, 0.6) is 0 Å². The number of hydrogen-bond acceptors (Lipinski definition) is 2. The van der Waals surface area contributed by atoms with E-state index in [0.717, 1.165) is 33.3 Å². The van der Waals surface area contributed by atoms with Crippen molar-refractivity contribution in [2.75, 3.05) is 19.0 Å². The van der Waals surface area contributed by atoms with E-state index in [9.17, 15) is 4.79 Å². The first-order valence-electron chi connectivity index (χ1n) is 6.96. The van der Waals surface area contributed by atoms with Crippen molar-refractivity contribution in [3.05, 3.63) is 64.4 Å². The van der Waals surface area contributed by atoms with Gasteiger partial charge in [0.1, 0.15) is 0 Å². The van der Waals surface area contributed by atoms with Gasteiger partial charge in [-0.15, -0.1) is 0 Å². The monoisotopic (exact) mass is 278 g/mol. The Balaban J connectivity index is 2.16. The van der Waals surface area contributed by atoms with Crippen molar-refractivity contribution in [1.82, 2.24) is 4.98 Å². The minimum absolute atomic E-state index is 0.0390. The predicted molar refractivity (Wildman–Crippen MR) is 89.1 cm³/mol. The number of aromatic nitrogens is 1. The maximum atomic E-state index is 12.2. The highest BCUT2D eigenvalue weighted by Gasteiger charge is 2.06. The summed E-state index contributed by atoms with van der Waals surface area (Å²) in [6.45, 7) is 2.03. The van der Waals surface area contributed by atoms with Crippen molar-refractivity contribution < 1.29 is 0 Å². The standard InChI is InChI=1S/C18H18N2O/c1-12-5-4-6-15-16(12)11-17(19-18(15)21)13-7-9-14(10-8-13)20(2)3/h4-11H,1-3H3,(H,19,21). The van der Waals surface area contributed by atoms with Crippen LogP contribution in [0.4, 0.5) is 5.69 Å². The fourth-order valence-electron chi connectivity index (χ4n) is 2.53. The zero-order valence-corrected chi connectivity index (χ0v) is 12.5. The highest BCUT2D eigenvalue weighted by Crippen LogP contribution is 2.24. The molecule has 3 nitrogen and oxygen atoms in total. The van der Waals surface area contributed by atoms with Crippen LogP contribution in [0.25, 0.3) is 22.0 Å². The van der Waals surface area contributed by atoms with Crippen LogP contribution in [0.3, 0.4) is 0 Å². The molecule has 1 heterocycles. The van der Waals surface area contributed by atoms with Crippen LogP contribution < -0.4 is 10.5 Å². The Bertz CT molecular complexity index is 845. The maximum absolute atomic E-state index is 12.2. The fourth-order valence-corrected chi connectivity index (χ4v) is 2.53. The highest BCUT2D eigenvalue weighted by atomic mass is 16.1. The lowest BCUT2D eigenvalue weighted by atomic mass is 10.0. The van der Waals surface area contributed by atoms with Gasteiger partial charge in [0.15, 0.2) is 0 Å². The summed E-state index contributed by atoms with van der Waals surface area (Å²) in [5.74, 6) is 0. The number of benzene rings is 2. The van der Waals surface area contributed by atoms with Crippen LogP contribution >= 0.6 is 0 Å². The Labute approximate surface area is 123 Å². The Morgan fingerprint density at radius 1 is 0.952 bits per heavy atom.